The molecule has 1 aliphatic rings. The Hall–Kier alpha value is -3.58. The van der Waals surface area contributed by atoms with E-state index in [1.54, 1.807) is 17.6 Å². The highest BCUT2D eigenvalue weighted by molar-refractivity contribution is 6.00. The number of hydrogen-bond donors (Lipinski definition) is 2. The lowest BCUT2D eigenvalue weighted by atomic mass is 9.91. The zero-order valence-electron chi connectivity index (χ0n) is 18.1. The molecule has 0 amide bonds. The van der Waals surface area contributed by atoms with Crippen molar-refractivity contribution < 1.29 is 4.79 Å². The second-order valence-corrected chi connectivity index (χ2v) is 8.36. The van der Waals surface area contributed by atoms with Gasteiger partial charge in [-0.15, -0.1) is 0 Å². The van der Waals surface area contributed by atoms with Crippen molar-refractivity contribution in [2.75, 3.05) is 18.8 Å². The van der Waals surface area contributed by atoms with Crippen molar-refractivity contribution in [1.29, 1.82) is 0 Å². The number of carbonyl (C=O) groups excluding carboxylic acids is 1. The van der Waals surface area contributed by atoms with Gasteiger partial charge in [-0.25, -0.2) is 4.98 Å². The maximum Gasteiger partial charge on any atom is 0.165 e. The number of piperidine rings is 1. The van der Waals surface area contributed by atoms with Crippen LogP contribution in [0.25, 0.3) is 28.0 Å². The molecule has 1 aliphatic heterocycles. The molecule has 0 bridgehead atoms. The van der Waals surface area contributed by atoms with Crippen LogP contribution < -0.4 is 11.1 Å². The van der Waals surface area contributed by atoms with E-state index in [0.717, 1.165) is 60.4 Å². The van der Waals surface area contributed by atoms with Crippen LogP contribution in [0, 0.1) is 5.92 Å². The fourth-order valence-electron chi connectivity index (χ4n) is 4.49. The van der Waals surface area contributed by atoms with Gasteiger partial charge < -0.3 is 11.1 Å². The number of anilines is 1. The van der Waals surface area contributed by atoms with Gasteiger partial charge in [0.1, 0.15) is 5.82 Å². The topological polar surface area (TPSA) is 98.2 Å². The molecule has 3 aromatic heterocycles. The fraction of sp³-hybridized carbons (Fsp3) is 0.280. The SMILES string of the molecule is CC(=O)c1c(CC2CCNCC2)nc2c(-c3ccc(-c4ccccc4)nc3)cnn2c1N. The van der Waals surface area contributed by atoms with E-state index >= 15 is 0 Å². The number of nitrogen functional groups attached to an aromatic ring is 1. The molecule has 0 unspecified atom stereocenters. The number of benzene rings is 1. The normalized spacial score (nSPS) is 14.7. The van der Waals surface area contributed by atoms with Gasteiger partial charge in [-0.3, -0.25) is 9.78 Å². The van der Waals surface area contributed by atoms with Crippen LogP contribution in [0.4, 0.5) is 5.82 Å². The van der Waals surface area contributed by atoms with Gasteiger partial charge in [0.2, 0.25) is 0 Å². The molecule has 7 nitrogen and oxygen atoms in total. The molecule has 1 aromatic carbocycles. The Balaban J connectivity index is 1.56. The number of pyridine rings is 1. The smallest absolute Gasteiger partial charge is 0.165 e. The molecule has 3 N–H and O–H groups in total. The summed E-state index contributed by atoms with van der Waals surface area (Å²) < 4.78 is 1.57. The number of fused-ring (bicyclic) bond motifs is 1. The third-order valence-corrected chi connectivity index (χ3v) is 6.19. The van der Waals surface area contributed by atoms with Gasteiger partial charge in [0.05, 0.1) is 23.1 Å². The largest absolute Gasteiger partial charge is 0.383 e. The molecule has 0 atom stereocenters. The Kier molecular flexibility index (Phi) is 5.41. The highest BCUT2D eigenvalue weighted by atomic mass is 16.1. The lowest BCUT2D eigenvalue weighted by Gasteiger charge is -2.23. The van der Waals surface area contributed by atoms with Crippen LogP contribution in [0.5, 0.6) is 0 Å². The molecule has 1 saturated heterocycles. The first kappa shape index (κ1) is 20.3. The molecule has 4 aromatic rings. The van der Waals surface area contributed by atoms with Crippen LogP contribution >= 0.6 is 0 Å². The van der Waals surface area contributed by atoms with Crippen LogP contribution in [0.15, 0.2) is 54.9 Å². The van der Waals surface area contributed by atoms with Gasteiger partial charge in [0.25, 0.3) is 0 Å². The second kappa shape index (κ2) is 8.51. The second-order valence-electron chi connectivity index (χ2n) is 8.36. The zero-order chi connectivity index (χ0) is 22.1. The Labute approximate surface area is 186 Å². The van der Waals surface area contributed by atoms with E-state index in [1.165, 1.54) is 0 Å². The summed E-state index contributed by atoms with van der Waals surface area (Å²) in [7, 11) is 0. The van der Waals surface area contributed by atoms with Gasteiger partial charge in [-0.1, -0.05) is 36.4 Å². The summed E-state index contributed by atoms with van der Waals surface area (Å²) in [5.74, 6) is 0.764. The summed E-state index contributed by atoms with van der Waals surface area (Å²) in [5, 5.41) is 7.83. The Bertz CT molecular complexity index is 1260. The third-order valence-electron chi connectivity index (χ3n) is 6.19. The molecule has 162 valence electrons. The fourth-order valence-corrected chi connectivity index (χ4v) is 4.49. The summed E-state index contributed by atoms with van der Waals surface area (Å²) in [5.41, 5.74) is 12.1. The molecule has 32 heavy (non-hydrogen) atoms. The lowest BCUT2D eigenvalue weighted by Crippen LogP contribution is -2.29. The third kappa shape index (κ3) is 3.76. The first-order chi connectivity index (χ1) is 15.6. The Morgan fingerprint density at radius 3 is 2.56 bits per heavy atom. The van der Waals surface area contributed by atoms with Crippen LogP contribution in [-0.2, 0) is 6.42 Å². The molecule has 4 heterocycles. The minimum atomic E-state index is -0.0771. The van der Waals surface area contributed by atoms with Gasteiger partial charge in [0, 0.05) is 22.9 Å². The number of rotatable bonds is 5. The van der Waals surface area contributed by atoms with Crippen molar-refractivity contribution in [2.45, 2.75) is 26.2 Å². The maximum atomic E-state index is 12.4. The lowest BCUT2D eigenvalue weighted by molar-refractivity contribution is 0.101. The monoisotopic (exact) mass is 426 g/mol. The van der Waals surface area contributed by atoms with Crippen molar-refractivity contribution in [2.24, 2.45) is 5.92 Å². The maximum absolute atomic E-state index is 12.4. The summed E-state index contributed by atoms with van der Waals surface area (Å²) in [6.07, 6.45) is 6.47. The molecule has 0 saturated carbocycles. The quantitative estimate of drug-likeness (QED) is 0.471. The van der Waals surface area contributed by atoms with Crippen molar-refractivity contribution >= 4 is 17.2 Å². The molecule has 7 heteroatoms. The van der Waals surface area contributed by atoms with E-state index in [0.29, 0.717) is 22.9 Å². The van der Waals surface area contributed by atoms with Crippen LogP contribution in [0.3, 0.4) is 0 Å². The van der Waals surface area contributed by atoms with Crippen molar-refractivity contribution in [3.05, 3.63) is 66.1 Å². The first-order valence-corrected chi connectivity index (χ1v) is 11.0. The Morgan fingerprint density at radius 2 is 1.88 bits per heavy atom. The minimum Gasteiger partial charge on any atom is -0.383 e. The van der Waals surface area contributed by atoms with E-state index < -0.39 is 0 Å². The van der Waals surface area contributed by atoms with Crippen LogP contribution in [-0.4, -0.2) is 38.5 Å². The van der Waals surface area contributed by atoms with Gasteiger partial charge in [-0.2, -0.15) is 9.61 Å². The number of nitrogens with one attached hydrogen (secondary N) is 1. The standard InChI is InChI=1S/C25H26N6O/c1-16(32)23-22(13-17-9-11-27-12-10-17)30-25-20(15-29-31(25)24(23)26)19-7-8-21(28-14-19)18-5-3-2-4-6-18/h2-8,14-15,17,27H,9-13,26H2,1H3. The summed E-state index contributed by atoms with van der Waals surface area (Å²) in [4.78, 5) is 22.0. The molecule has 0 radical (unpaired) electrons. The van der Waals surface area contributed by atoms with E-state index in [9.17, 15) is 4.79 Å². The first-order valence-electron chi connectivity index (χ1n) is 11.0. The molecule has 1 fully saturated rings. The number of nitrogens with two attached hydrogens (primary N) is 1. The van der Waals surface area contributed by atoms with Crippen molar-refractivity contribution in [3.8, 4) is 22.4 Å². The van der Waals surface area contributed by atoms with Gasteiger partial charge in [-0.05, 0) is 51.3 Å². The van der Waals surface area contributed by atoms with Crippen molar-refractivity contribution in [1.82, 2.24) is 24.9 Å². The zero-order valence-corrected chi connectivity index (χ0v) is 18.1. The summed E-state index contributed by atoms with van der Waals surface area (Å²) >= 11 is 0. The Morgan fingerprint density at radius 1 is 1.09 bits per heavy atom. The molecular weight excluding hydrogens is 400 g/mol. The number of Topliss-reactive ketones (excluding diaryl/α,β-unsaturated/α-hetero) is 1. The number of carbonyl (C=O) groups is 1. The van der Waals surface area contributed by atoms with E-state index in [-0.39, 0.29) is 5.78 Å². The van der Waals surface area contributed by atoms with Crippen LogP contribution in [0.2, 0.25) is 0 Å². The minimum absolute atomic E-state index is 0.0771. The highest BCUT2D eigenvalue weighted by Gasteiger charge is 2.23. The number of ketones is 1. The molecule has 5 rings (SSSR count). The number of nitrogens with zero attached hydrogens (tertiary/aromatic N) is 4. The van der Waals surface area contributed by atoms with Gasteiger partial charge >= 0.3 is 0 Å². The van der Waals surface area contributed by atoms with E-state index in [1.807, 2.05) is 48.7 Å². The predicted octanol–water partition coefficient (Wildman–Crippen LogP) is 3.79. The van der Waals surface area contributed by atoms with E-state index in [4.69, 9.17) is 10.7 Å². The predicted molar refractivity (Wildman–Crippen MR) is 125 cm³/mol. The average Bonchev–Trinajstić information content (AvgIpc) is 3.24. The highest BCUT2D eigenvalue weighted by Crippen LogP contribution is 2.30. The van der Waals surface area contributed by atoms with Crippen LogP contribution in [0.1, 0.15) is 35.8 Å². The van der Waals surface area contributed by atoms with Gasteiger partial charge in [0.15, 0.2) is 11.4 Å². The van der Waals surface area contributed by atoms with E-state index in [2.05, 4.69) is 15.4 Å². The average molecular weight is 427 g/mol. The molecule has 0 aliphatic carbocycles. The summed E-state index contributed by atoms with van der Waals surface area (Å²) in [6, 6.07) is 14.1. The molecular formula is C25H26N6O. The number of aromatic nitrogens is 4. The van der Waals surface area contributed by atoms with Crippen molar-refractivity contribution in [3.63, 3.8) is 0 Å². The number of hydrogen-bond acceptors (Lipinski definition) is 6. The molecule has 0 spiro atoms. The summed E-state index contributed by atoms with van der Waals surface area (Å²) in [6.45, 7) is 3.53.